The third-order valence-corrected chi connectivity index (χ3v) is 4.25. The average molecular weight is 344 g/mol. The van der Waals surface area contributed by atoms with Crippen LogP contribution in [0.1, 0.15) is 25.0 Å². The van der Waals surface area contributed by atoms with Gasteiger partial charge in [-0.25, -0.2) is 4.79 Å². The summed E-state index contributed by atoms with van der Waals surface area (Å²) in [5, 5.41) is 0. The van der Waals surface area contributed by atoms with E-state index < -0.39 is 11.7 Å². The van der Waals surface area contributed by atoms with Crippen LogP contribution in [0.2, 0.25) is 0 Å². The number of hydrogen-bond acceptors (Lipinski definition) is 3. The first-order valence-corrected chi connectivity index (χ1v) is 8.13. The number of carbonyl (C=O) groups is 1. The normalized spacial score (nSPS) is 17.6. The molecule has 1 saturated heterocycles. The Morgan fingerprint density at radius 1 is 1.25 bits per heavy atom. The molecule has 1 aliphatic rings. The van der Waals surface area contributed by atoms with E-state index in [-0.39, 0.29) is 12.1 Å². The maximum atomic E-state index is 12.8. The number of benzene rings is 1. The van der Waals surface area contributed by atoms with Gasteiger partial charge in [-0.2, -0.15) is 13.2 Å². The molecule has 1 heterocycles. The number of nitrogens with zero attached hydrogens (tertiary/aromatic N) is 2. The summed E-state index contributed by atoms with van der Waals surface area (Å²) in [6, 6.07) is 5.58. The number of amides is 1. The van der Waals surface area contributed by atoms with Gasteiger partial charge in [0.2, 0.25) is 0 Å². The molecule has 0 saturated carbocycles. The van der Waals surface area contributed by atoms with Crippen molar-refractivity contribution in [2.24, 2.45) is 0 Å². The van der Waals surface area contributed by atoms with Gasteiger partial charge in [0.1, 0.15) is 0 Å². The summed E-state index contributed by atoms with van der Waals surface area (Å²) in [5.74, 6) is 0. The summed E-state index contributed by atoms with van der Waals surface area (Å²) in [4.78, 5) is 15.5. The van der Waals surface area contributed by atoms with E-state index in [4.69, 9.17) is 4.74 Å². The fourth-order valence-electron chi connectivity index (χ4n) is 2.90. The maximum Gasteiger partial charge on any atom is 0.416 e. The van der Waals surface area contributed by atoms with Crippen LogP contribution >= 0.6 is 0 Å². The highest BCUT2D eigenvalue weighted by Gasteiger charge is 2.31. The van der Waals surface area contributed by atoms with Crippen LogP contribution in [0, 0.1) is 0 Å². The van der Waals surface area contributed by atoms with Gasteiger partial charge < -0.3 is 9.64 Å². The second-order valence-corrected chi connectivity index (χ2v) is 5.97. The molecular weight excluding hydrogens is 321 g/mol. The van der Waals surface area contributed by atoms with E-state index in [0.717, 1.165) is 6.07 Å². The van der Waals surface area contributed by atoms with E-state index >= 15 is 0 Å². The summed E-state index contributed by atoms with van der Waals surface area (Å²) in [6.07, 6.45) is -4.07. The fourth-order valence-corrected chi connectivity index (χ4v) is 2.90. The van der Waals surface area contributed by atoms with Crippen molar-refractivity contribution in [2.45, 2.75) is 32.5 Å². The zero-order valence-corrected chi connectivity index (χ0v) is 14.0. The zero-order chi connectivity index (χ0) is 17.7. The van der Waals surface area contributed by atoms with Crippen molar-refractivity contribution in [1.82, 2.24) is 9.80 Å². The van der Waals surface area contributed by atoms with Gasteiger partial charge in [0.25, 0.3) is 0 Å². The van der Waals surface area contributed by atoms with Crippen molar-refractivity contribution in [3.05, 3.63) is 35.4 Å². The predicted octanol–water partition coefficient (Wildman–Crippen LogP) is 3.41. The smallest absolute Gasteiger partial charge is 0.416 e. The molecule has 1 fully saturated rings. The lowest BCUT2D eigenvalue weighted by Gasteiger charge is -2.37. The second kappa shape index (κ2) is 7.88. The number of piperazine rings is 1. The molecule has 0 radical (unpaired) electrons. The molecule has 0 aliphatic carbocycles. The number of halogens is 3. The first-order chi connectivity index (χ1) is 11.3. The van der Waals surface area contributed by atoms with Gasteiger partial charge in [-0.15, -0.1) is 0 Å². The number of rotatable bonds is 4. The quantitative estimate of drug-likeness (QED) is 0.839. The van der Waals surface area contributed by atoms with E-state index in [9.17, 15) is 18.0 Å². The molecule has 1 amide bonds. The summed E-state index contributed by atoms with van der Waals surface area (Å²) < 4.78 is 43.3. The number of alkyl halides is 3. The highest BCUT2D eigenvalue weighted by atomic mass is 19.4. The van der Waals surface area contributed by atoms with Crippen molar-refractivity contribution in [3.8, 4) is 0 Å². The molecular formula is C17H23F3N2O2. The van der Waals surface area contributed by atoms with E-state index in [1.54, 1.807) is 17.9 Å². The van der Waals surface area contributed by atoms with Gasteiger partial charge in [0.15, 0.2) is 0 Å². The SMILES string of the molecule is CCOC(=O)N1CCN(C(C)Cc2cccc(C(F)(F)F)c2)CC1. The molecule has 24 heavy (non-hydrogen) atoms. The molecule has 1 aromatic carbocycles. The van der Waals surface area contributed by atoms with Gasteiger partial charge in [0, 0.05) is 32.2 Å². The largest absolute Gasteiger partial charge is 0.450 e. The van der Waals surface area contributed by atoms with E-state index in [2.05, 4.69) is 4.90 Å². The molecule has 0 spiro atoms. The van der Waals surface area contributed by atoms with E-state index in [1.807, 2.05) is 6.92 Å². The van der Waals surface area contributed by atoms with Gasteiger partial charge in [-0.1, -0.05) is 18.2 Å². The van der Waals surface area contributed by atoms with Crippen LogP contribution in [-0.4, -0.2) is 54.7 Å². The Kier molecular flexibility index (Phi) is 6.10. The van der Waals surface area contributed by atoms with E-state index in [0.29, 0.717) is 44.8 Å². The Balaban J connectivity index is 1.90. The molecule has 0 aromatic heterocycles. The van der Waals surface area contributed by atoms with Gasteiger partial charge in [-0.05, 0) is 31.9 Å². The zero-order valence-electron chi connectivity index (χ0n) is 14.0. The lowest BCUT2D eigenvalue weighted by molar-refractivity contribution is -0.137. The fraction of sp³-hybridized carbons (Fsp3) is 0.588. The van der Waals surface area contributed by atoms with Crippen LogP contribution in [0.25, 0.3) is 0 Å². The maximum absolute atomic E-state index is 12.8. The Morgan fingerprint density at radius 2 is 1.92 bits per heavy atom. The average Bonchev–Trinajstić information content (AvgIpc) is 2.54. The van der Waals surface area contributed by atoms with Crippen LogP contribution in [0.15, 0.2) is 24.3 Å². The minimum Gasteiger partial charge on any atom is -0.450 e. The lowest BCUT2D eigenvalue weighted by Crippen LogP contribution is -2.51. The molecule has 0 N–H and O–H groups in total. The second-order valence-electron chi connectivity index (χ2n) is 5.97. The molecule has 1 unspecified atom stereocenters. The van der Waals surface area contributed by atoms with Crippen LogP contribution in [0.3, 0.4) is 0 Å². The Hall–Kier alpha value is -1.76. The molecule has 4 nitrogen and oxygen atoms in total. The number of hydrogen-bond donors (Lipinski definition) is 0. The van der Waals surface area contributed by atoms with Crippen LogP contribution < -0.4 is 0 Å². The summed E-state index contributed by atoms with van der Waals surface area (Å²) >= 11 is 0. The molecule has 1 aromatic rings. The number of ether oxygens (including phenoxy) is 1. The first-order valence-electron chi connectivity index (χ1n) is 8.13. The molecule has 7 heteroatoms. The molecule has 1 atom stereocenters. The van der Waals surface area contributed by atoms with Crippen LogP contribution in [-0.2, 0) is 17.3 Å². The monoisotopic (exact) mass is 344 g/mol. The third-order valence-electron chi connectivity index (χ3n) is 4.25. The van der Waals surface area contributed by atoms with Crippen molar-refractivity contribution >= 4 is 6.09 Å². The molecule has 134 valence electrons. The number of carbonyl (C=O) groups excluding carboxylic acids is 1. The predicted molar refractivity (Wildman–Crippen MR) is 84.8 cm³/mol. The lowest BCUT2D eigenvalue weighted by atomic mass is 10.0. The van der Waals surface area contributed by atoms with Crippen LogP contribution in [0.4, 0.5) is 18.0 Å². The standard InChI is InChI=1S/C17H23F3N2O2/c1-3-24-16(23)22-9-7-21(8-10-22)13(2)11-14-5-4-6-15(12-14)17(18,19)20/h4-6,12-13H,3,7-11H2,1-2H3. The summed E-state index contributed by atoms with van der Waals surface area (Å²) in [7, 11) is 0. The van der Waals surface area contributed by atoms with E-state index in [1.165, 1.54) is 12.1 Å². The van der Waals surface area contributed by atoms with Crippen LogP contribution in [0.5, 0.6) is 0 Å². The minimum atomic E-state index is -4.31. The van der Waals surface area contributed by atoms with Crippen molar-refractivity contribution in [2.75, 3.05) is 32.8 Å². The summed E-state index contributed by atoms with van der Waals surface area (Å²) in [5.41, 5.74) is 0.0597. The third kappa shape index (κ3) is 4.87. The van der Waals surface area contributed by atoms with Crippen molar-refractivity contribution in [1.29, 1.82) is 0 Å². The van der Waals surface area contributed by atoms with Gasteiger partial charge in [0.05, 0.1) is 12.2 Å². The van der Waals surface area contributed by atoms with Gasteiger partial charge in [-0.3, -0.25) is 4.90 Å². The highest BCUT2D eigenvalue weighted by molar-refractivity contribution is 5.67. The molecule has 2 rings (SSSR count). The Morgan fingerprint density at radius 3 is 2.50 bits per heavy atom. The minimum absolute atomic E-state index is 0.109. The highest BCUT2D eigenvalue weighted by Crippen LogP contribution is 2.30. The molecule has 1 aliphatic heterocycles. The van der Waals surface area contributed by atoms with Gasteiger partial charge >= 0.3 is 12.3 Å². The molecule has 0 bridgehead atoms. The Bertz CT molecular complexity index is 555. The topological polar surface area (TPSA) is 32.8 Å². The first kappa shape index (κ1) is 18.6. The Labute approximate surface area is 140 Å². The van der Waals surface area contributed by atoms with Crippen molar-refractivity contribution in [3.63, 3.8) is 0 Å². The summed E-state index contributed by atoms with van der Waals surface area (Å²) in [6.45, 7) is 6.66. The van der Waals surface area contributed by atoms with Crippen molar-refractivity contribution < 1.29 is 22.7 Å².